The molecule has 0 saturated heterocycles. The summed E-state index contributed by atoms with van der Waals surface area (Å²) < 4.78 is 10.8. The minimum Gasteiger partial charge on any atom is -0.396 e. The minimum absolute atomic E-state index is 0. The van der Waals surface area contributed by atoms with Crippen LogP contribution in [0.1, 0.15) is 77.7 Å². The third kappa shape index (κ3) is 34.1. The van der Waals surface area contributed by atoms with Crippen molar-refractivity contribution in [2.45, 2.75) is 88.9 Å². The van der Waals surface area contributed by atoms with E-state index in [2.05, 4.69) is 0 Å². The molecule has 0 aromatic carbocycles. The Morgan fingerprint density at radius 3 is 1.48 bits per heavy atom. The summed E-state index contributed by atoms with van der Waals surface area (Å²) in [6, 6.07) is 0. The van der Waals surface area contributed by atoms with Crippen LogP contribution in [0.25, 0.3) is 0 Å². The van der Waals surface area contributed by atoms with Crippen LogP contribution in [-0.2, 0) is 14.3 Å². The molecule has 1 N–H and O–H groups in total. The van der Waals surface area contributed by atoms with Crippen molar-refractivity contribution in [2.24, 2.45) is 11.8 Å². The molecule has 0 radical (unpaired) electrons. The van der Waals surface area contributed by atoms with Crippen molar-refractivity contribution in [1.29, 1.82) is 0 Å². The largest absolute Gasteiger partial charge is 0.396 e. The molecule has 0 aliphatic heterocycles. The molecule has 23 heavy (non-hydrogen) atoms. The van der Waals surface area contributed by atoms with Gasteiger partial charge >= 0.3 is 0 Å². The van der Waals surface area contributed by atoms with E-state index in [0.717, 1.165) is 6.29 Å². The molecule has 2 atom stereocenters. The van der Waals surface area contributed by atoms with E-state index in [4.69, 9.17) is 14.6 Å². The highest BCUT2D eigenvalue weighted by Crippen LogP contribution is 2.09. The van der Waals surface area contributed by atoms with Crippen LogP contribution in [0.5, 0.6) is 0 Å². The number of hydrogen-bond acceptors (Lipinski definition) is 4. The van der Waals surface area contributed by atoms with E-state index in [1.54, 1.807) is 0 Å². The fourth-order valence-corrected chi connectivity index (χ4v) is 0.866. The molecule has 0 aliphatic carbocycles. The van der Waals surface area contributed by atoms with Crippen LogP contribution in [-0.4, -0.2) is 42.4 Å². The van der Waals surface area contributed by atoms with Gasteiger partial charge in [-0.3, -0.25) is 0 Å². The highest BCUT2D eigenvalue weighted by molar-refractivity contribution is 5.52. The Morgan fingerprint density at radius 2 is 1.22 bits per heavy atom. The smallest absolute Gasteiger partial charge is 0.125 e. The number of aliphatic hydroxyl groups is 1. The van der Waals surface area contributed by atoms with Crippen LogP contribution in [0.3, 0.4) is 0 Å². The number of aliphatic hydroxyl groups excluding tert-OH is 1. The summed E-state index contributed by atoms with van der Waals surface area (Å²) in [5.41, 5.74) is -0.208. The normalized spacial score (nSPS) is 13.1. The van der Waals surface area contributed by atoms with E-state index in [1.807, 2.05) is 55.4 Å². The summed E-state index contributed by atoms with van der Waals surface area (Å²) in [4.78, 5) is 10.1. The van der Waals surface area contributed by atoms with Crippen LogP contribution in [0, 0.1) is 11.8 Å². The van der Waals surface area contributed by atoms with Gasteiger partial charge in [-0.2, -0.15) is 0 Å². The van der Waals surface area contributed by atoms with Gasteiger partial charge in [-0.25, -0.2) is 0 Å². The lowest BCUT2D eigenvalue weighted by Crippen LogP contribution is -2.23. The molecule has 0 aromatic heterocycles. The van der Waals surface area contributed by atoms with E-state index in [9.17, 15) is 4.79 Å². The van der Waals surface area contributed by atoms with Crippen molar-refractivity contribution in [3.8, 4) is 0 Å². The van der Waals surface area contributed by atoms with E-state index in [0.29, 0.717) is 13.2 Å². The predicted molar refractivity (Wildman–Crippen MR) is 103 cm³/mol. The van der Waals surface area contributed by atoms with Crippen molar-refractivity contribution in [1.82, 2.24) is 0 Å². The molecule has 146 valence electrons. The van der Waals surface area contributed by atoms with E-state index in [1.165, 1.54) is 0 Å². The van der Waals surface area contributed by atoms with Crippen molar-refractivity contribution in [2.75, 3.05) is 19.8 Å². The average molecular weight is 339 g/mol. The third-order valence-corrected chi connectivity index (χ3v) is 2.12. The maximum atomic E-state index is 10.1. The van der Waals surface area contributed by atoms with Gasteiger partial charge in [0.25, 0.3) is 0 Å². The van der Waals surface area contributed by atoms with Crippen LogP contribution in [0.15, 0.2) is 0 Å². The SMILES string of the molecule is C.C.C.C[C@H](C=O)COC(C)(C)C.C[C@H](CO)COC(C)(C)C. The van der Waals surface area contributed by atoms with E-state index in [-0.39, 0.29) is 51.9 Å². The van der Waals surface area contributed by atoms with Gasteiger partial charge in [0.2, 0.25) is 0 Å². The Labute approximate surface area is 147 Å². The summed E-state index contributed by atoms with van der Waals surface area (Å²) >= 11 is 0. The highest BCUT2D eigenvalue weighted by atomic mass is 16.5. The van der Waals surface area contributed by atoms with Gasteiger partial charge in [0, 0.05) is 18.4 Å². The first-order chi connectivity index (χ1) is 8.91. The van der Waals surface area contributed by atoms with Crippen LogP contribution in [0.2, 0.25) is 0 Å². The lowest BCUT2D eigenvalue weighted by atomic mass is 10.1. The lowest BCUT2D eigenvalue weighted by Gasteiger charge is -2.21. The highest BCUT2D eigenvalue weighted by Gasteiger charge is 2.12. The molecule has 0 aliphatic rings. The Morgan fingerprint density at radius 1 is 0.870 bits per heavy atom. The summed E-state index contributed by atoms with van der Waals surface area (Å²) in [7, 11) is 0. The number of carbonyl (C=O) groups is 1. The van der Waals surface area contributed by atoms with Gasteiger partial charge in [-0.05, 0) is 41.5 Å². The van der Waals surface area contributed by atoms with Gasteiger partial charge < -0.3 is 19.4 Å². The number of ether oxygens (including phenoxy) is 2. The maximum Gasteiger partial charge on any atom is 0.125 e. The fraction of sp³-hybridized carbons (Fsp3) is 0.947. The zero-order chi connectivity index (χ0) is 16.4. The second kappa shape index (κ2) is 16.4. The predicted octanol–water partition coefficient (Wildman–Crippen LogP) is 4.97. The van der Waals surface area contributed by atoms with Gasteiger partial charge in [0.1, 0.15) is 6.29 Å². The molecular formula is C19H46O4. The summed E-state index contributed by atoms with van der Waals surface area (Å²) in [5.74, 6) is 0.262. The number of hydrogen-bond donors (Lipinski definition) is 1. The monoisotopic (exact) mass is 338 g/mol. The molecule has 0 saturated carbocycles. The average Bonchev–Trinajstić information content (AvgIpc) is 2.31. The fourth-order valence-electron chi connectivity index (χ4n) is 0.866. The van der Waals surface area contributed by atoms with Crippen molar-refractivity contribution < 1.29 is 19.4 Å². The van der Waals surface area contributed by atoms with Crippen LogP contribution < -0.4 is 0 Å². The van der Waals surface area contributed by atoms with Crippen molar-refractivity contribution in [3.05, 3.63) is 0 Å². The molecule has 0 fully saturated rings. The molecule has 0 bridgehead atoms. The van der Waals surface area contributed by atoms with Gasteiger partial charge in [0.05, 0.1) is 24.4 Å². The Bertz CT molecular complexity index is 239. The van der Waals surface area contributed by atoms with Crippen molar-refractivity contribution in [3.63, 3.8) is 0 Å². The second-order valence-corrected chi connectivity index (χ2v) is 7.25. The molecule has 0 heterocycles. The van der Waals surface area contributed by atoms with Gasteiger partial charge in [-0.1, -0.05) is 36.1 Å². The third-order valence-electron chi connectivity index (χ3n) is 2.12. The molecule has 4 nitrogen and oxygen atoms in total. The molecule has 0 spiro atoms. The maximum absolute atomic E-state index is 10.1. The van der Waals surface area contributed by atoms with Crippen LogP contribution in [0.4, 0.5) is 0 Å². The molecule has 0 rings (SSSR count). The first-order valence-electron chi connectivity index (χ1n) is 7.25. The standard InChI is InChI=1S/C8H18O2.C8H16O2.3CH4/c2*1-7(5-9)6-10-8(2,3)4;;;/h7,9H,5-6H2,1-4H3;5,7H,6H2,1-4H3;3*1H4/t2*7-;;;/m11.../s1. The first kappa shape index (κ1) is 34.0. The lowest BCUT2D eigenvalue weighted by molar-refractivity contribution is -0.114. The van der Waals surface area contributed by atoms with Gasteiger partial charge in [-0.15, -0.1) is 0 Å². The minimum atomic E-state index is -0.128. The Balaban J connectivity index is -0.0000000831. The Kier molecular flexibility index (Phi) is 24.3. The molecular weight excluding hydrogens is 292 g/mol. The second-order valence-electron chi connectivity index (χ2n) is 7.25. The molecule has 0 amide bonds. The quantitative estimate of drug-likeness (QED) is 0.694. The molecule has 0 unspecified atom stereocenters. The van der Waals surface area contributed by atoms with Crippen LogP contribution >= 0.6 is 0 Å². The summed E-state index contributed by atoms with van der Waals surface area (Å²) in [6.45, 7) is 17.1. The van der Waals surface area contributed by atoms with E-state index < -0.39 is 0 Å². The Hall–Kier alpha value is -0.450. The van der Waals surface area contributed by atoms with Gasteiger partial charge in [0.15, 0.2) is 0 Å². The first-order valence-corrected chi connectivity index (χ1v) is 7.25. The number of aldehydes is 1. The van der Waals surface area contributed by atoms with Crippen molar-refractivity contribution >= 4 is 6.29 Å². The summed E-state index contributed by atoms with van der Waals surface area (Å²) in [6.07, 6.45) is 0.908. The number of carbonyl (C=O) groups excluding carboxylic acids is 1. The topological polar surface area (TPSA) is 55.8 Å². The number of rotatable bonds is 6. The molecule has 4 heteroatoms. The zero-order valence-electron chi connectivity index (χ0n) is 14.5. The summed E-state index contributed by atoms with van der Waals surface area (Å²) in [5, 5.41) is 8.65. The zero-order valence-corrected chi connectivity index (χ0v) is 14.5. The molecule has 0 aromatic rings. The van der Waals surface area contributed by atoms with E-state index >= 15 is 0 Å².